The Hall–Kier alpha value is -1.79. The molecule has 0 bridgehead atoms. The number of nitrogens with two attached hydrogens (primary N) is 1. The van der Waals surface area contributed by atoms with Crippen molar-refractivity contribution >= 4 is 5.91 Å². The van der Waals surface area contributed by atoms with E-state index in [0.717, 1.165) is 25.0 Å². The van der Waals surface area contributed by atoms with Crippen LogP contribution in [0.2, 0.25) is 0 Å². The predicted molar refractivity (Wildman–Crippen MR) is 94.6 cm³/mol. The molecule has 1 aliphatic carbocycles. The Labute approximate surface area is 149 Å². The number of ether oxygens (including phenoxy) is 3. The lowest BCUT2D eigenvalue weighted by atomic mass is 9.46. The number of benzene rings is 1. The topological polar surface area (TPSA) is 82.8 Å². The van der Waals surface area contributed by atoms with E-state index in [0.29, 0.717) is 18.0 Å². The van der Waals surface area contributed by atoms with E-state index in [-0.39, 0.29) is 23.3 Å². The number of rotatable bonds is 5. The van der Waals surface area contributed by atoms with Crippen molar-refractivity contribution in [3.63, 3.8) is 0 Å². The van der Waals surface area contributed by atoms with Gasteiger partial charge in [0.1, 0.15) is 5.54 Å². The van der Waals surface area contributed by atoms with Gasteiger partial charge in [-0.2, -0.15) is 0 Å². The molecule has 6 nitrogen and oxygen atoms in total. The van der Waals surface area contributed by atoms with Crippen LogP contribution in [-0.2, 0) is 16.1 Å². The Morgan fingerprint density at radius 1 is 1.32 bits per heavy atom. The summed E-state index contributed by atoms with van der Waals surface area (Å²) in [5.74, 6) is 1.28. The first-order valence-electron chi connectivity index (χ1n) is 8.76. The molecule has 1 aromatic carbocycles. The quantitative estimate of drug-likeness (QED) is 0.849. The van der Waals surface area contributed by atoms with Crippen LogP contribution in [0.1, 0.15) is 32.3 Å². The molecule has 2 aliphatic rings. The van der Waals surface area contributed by atoms with Gasteiger partial charge in [0.2, 0.25) is 5.91 Å². The molecule has 1 aromatic rings. The van der Waals surface area contributed by atoms with Crippen LogP contribution in [0.5, 0.6) is 11.5 Å². The molecule has 3 rings (SSSR count). The third-order valence-electron chi connectivity index (χ3n) is 5.96. The minimum absolute atomic E-state index is 0.0677. The smallest absolute Gasteiger partial charge is 0.241 e. The van der Waals surface area contributed by atoms with Crippen LogP contribution in [0.15, 0.2) is 18.2 Å². The van der Waals surface area contributed by atoms with Crippen LogP contribution < -0.4 is 20.5 Å². The van der Waals surface area contributed by atoms with E-state index in [1.807, 2.05) is 32.0 Å². The fourth-order valence-electron chi connectivity index (χ4n) is 4.36. The second-order valence-corrected chi connectivity index (χ2v) is 7.50. The SMILES string of the molecule is COc1ccc(CNC(=O)C2(N)C3CCCOC3C2(C)C)cc1OC. The lowest BCUT2D eigenvalue weighted by Crippen LogP contribution is -2.82. The molecule has 1 saturated carbocycles. The zero-order chi connectivity index (χ0) is 18.2. The van der Waals surface area contributed by atoms with Gasteiger partial charge in [0.15, 0.2) is 11.5 Å². The van der Waals surface area contributed by atoms with E-state index in [1.54, 1.807) is 14.2 Å². The van der Waals surface area contributed by atoms with Crippen LogP contribution in [0.4, 0.5) is 0 Å². The first-order valence-corrected chi connectivity index (χ1v) is 8.76. The molecule has 1 saturated heterocycles. The van der Waals surface area contributed by atoms with Gasteiger partial charge in [-0.15, -0.1) is 0 Å². The molecular formula is C19H28N2O4. The summed E-state index contributed by atoms with van der Waals surface area (Å²) >= 11 is 0. The first kappa shape index (κ1) is 18.0. The number of carbonyl (C=O) groups is 1. The van der Waals surface area contributed by atoms with E-state index in [4.69, 9.17) is 19.9 Å². The van der Waals surface area contributed by atoms with Gasteiger partial charge >= 0.3 is 0 Å². The molecule has 25 heavy (non-hydrogen) atoms. The number of hydrogen-bond acceptors (Lipinski definition) is 5. The largest absolute Gasteiger partial charge is 0.493 e. The van der Waals surface area contributed by atoms with Gasteiger partial charge < -0.3 is 25.3 Å². The third-order valence-corrected chi connectivity index (χ3v) is 5.96. The maximum atomic E-state index is 12.9. The highest BCUT2D eigenvalue weighted by molar-refractivity contribution is 5.89. The highest BCUT2D eigenvalue weighted by Crippen LogP contribution is 2.57. The monoisotopic (exact) mass is 348 g/mol. The molecule has 2 fully saturated rings. The molecule has 138 valence electrons. The summed E-state index contributed by atoms with van der Waals surface area (Å²) in [5.41, 5.74) is 6.27. The Morgan fingerprint density at radius 2 is 2.04 bits per heavy atom. The number of amides is 1. The Balaban J connectivity index is 1.70. The van der Waals surface area contributed by atoms with Gasteiger partial charge in [-0.25, -0.2) is 0 Å². The van der Waals surface area contributed by atoms with Crippen LogP contribution >= 0.6 is 0 Å². The van der Waals surface area contributed by atoms with Gasteiger partial charge in [-0.3, -0.25) is 4.79 Å². The molecule has 1 amide bonds. The average Bonchev–Trinajstić information content (AvgIpc) is 2.64. The van der Waals surface area contributed by atoms with Crippen molar-refractivity contribution < 1.29 is 19.0 Å². The lowest BCUT2D eigenvalue weighted by molar-refractivity contribution is -0.225. The number of methoxy groups -OCH3 is 2. The Bertz CT molecular complexity index is 661. The molecule has 0 aromatic heterocycles. The second-order valence-electron chi connectivity index (χ2n) is 7.50. The van der Waals surface area contributed by atoms with Crippen LogP contribution in [0.3, 0.4) is 0 Å². The van der Waals surface area contributed by atoms with Crippen LogP contribution in [0.25, 0.3) is 0 Å². The average molecular weight is 348 g/mol. The maximum Gasteiger partial charge on any atom is 0.241 e. The fourth-order valence-corrected chi connectivity index (χ4v) is 4.36. The van der Waals surface area contributed by atoms with E-state index < -0.39 is 5.54 Å². The summed E-state index contributed by atoms with van der Waals surface area (Å²) in [6, 6.07) is 5.60. The van der Waals surface area contributed by atoms with E-state index in [2.05, 4.69) is 5.32 Å². The first-order chi connectivity index (χ1) is 11.9. The summed E-state index contributed by atoms with van der Waals surface area (Å²) < 4.78 is 16.4. The fraction of sp³-hybridized carbons (Fsp3) is 0.632. The van der Waals surface area contributed by atoms with Crippen molar-refractivity contribution in [3.05, 3.63) is 23.8 Å². The minimum atomic E-state index is -0.894. The maximum absolute atomic E-state index is 12.9. The molecule has 0 spiro atoms. The highest BCUT2D eigenvalue weighted by Gasteiger charge is 2.70. The molecule has 3 atom stereocenters. The summed E-state index contributed by atoms with van der Waals surface area (Å²) in [7, 11) is 3.19. The van der Waals surface area contributed by atoms with Crippen molar-refractivity contribution in [3.8, 4) is 11.5 Å². The molecule has 1 heterocycles. The van der Waals surface area contributed by atoms with E-state index in [1.165, 1.54) is 0 Å². The van der Waals surface area contributed by atoms with Gasteiger partial charge in [-0.05, 0) is 30.5 Å². The summed E-state index contributed by atoms with van der Waals surface area (Å²) in [4.78, 5) is 12.9. The number of carbonyl (C=O) groups excluding carboxylic acids is 1. The van der Waals surface area contributed by atoms with E-state index in [9.17, 15) is 4.79 Å². The van der Waals surface area contributed by atoms with Gasteiger partial charge in [0, 0.05) is 24.5 Å². The van der Waals surface area contributed by atoms with Gasteiger partial charge in [0.25, 0.3) is 0 Å². The lowest BCUT2D eigenvalue weighted by Gasteiger charge is -2.65. The van der Waals surface area contributed by atoms with Crippen molar-refractivity contribution in [2.75, 3.05) is 20.8 Å². The van der Waals surface area contributed by atoms with Crippen LogP contribution in [-0.4, -0.2) is 38.4 Å². The van der Waals surface area contributed by atoms with Crippen molar-refractivity contribution in [2.45, 2.75) is 44.9 Å². The van der Waals surface area contributed by atoms with E-state index >= 15 is 0 Å². The highest BCUT2D eigenvalue weighted by atomic mass is 16.5. The minimum Gasteiger partial charge on any atom is -0.493 e. The van der Waals surface area contributed by atoms with Crippen molar-refractivity contribution in [2.24, 2.45) is 17.1 Å². The van der Waals surface area contributed by atoms with Crippen molar-refractivity contribution in [1.29, 1.82) is 0 Å². The molecule has 1 aliphatic heterocycles. The normalized spacial score (nSPS) is 30.0. The van der Waals surface area contributed by atoms with Crippen molar-refractivity contribution in [1.82, 2.24) is 5.32 Å². The molecule has 3 unspecified atom stereocenters. The molecule has 0 radical (unpaired) electrons. The zero-order valence-electron chi connectivity index (χ0n) is 15.4. The third kappa shape index (κ3) is 2.68. The number of fused-ring (bicyclic) bond motifs is 1. The predicted octanol–water partition coefficient (Wildman–Crippen LogP) is 1.85. The zero-order valence-corrected chi connectivity index (χ0v) is 15.4. The Kier molecular flexibility index (Phi) is 4.68. The molecule has 3 N–H and O–H groups in total. The molecule has 6 heteroatoms. The number of nitrogens with one attached hydrogen (secondary N) is 1. The number of hydrogen-bond donors (Lipinski definition) is 2. The second kappa shape index (κ2) is 6.50. The summed E-state index contributed by atoms with van der Waals surface area (Å²) in [6.07, 6.45) is 1.96. The van der Waals surface area contributed by atoms with Gasteiger partial charge in [-0.1, -0.05) is 19.9 Å². The summed E-state index contributed by atoms with van der Waals surface area (Å²) in [6.45, 7) is 5.20. The standard InChI is InChI=1S/C19H28N2O4/c1-18(2)16-13(6-5-9-25-16)19(18,20)17(22)21-11-12-7-8-14(23-3)15(10-12)24-4/h7-8,10,13,16H,5-6,9,11,20H2,1-4H3,(H,21,22). The van der Waals surface area contributed by atoms with Gasteiger partial charge in [0.05, 0.1) is 20.3 Å². The van der Waals surface area contributed by atoms with Crippen LogP contribution in [0, 0.1) is 11.3 Å². The summed E-state index contributed by atoms with van der Waals surface area (Å²) in [5, 5.41) is 3.00. The molecular weight excluding hydrogens is 320 g/mol. The Morgan fingerprint density at radius 3 is 2.72 bits per heavy atom.